The lowest BCUT2D eigenvalue weighted by atomic mass is 10.1. The molecule has 0 aliphatic carbocycles. The summed E-state index contributed by atoms with van der Waals surface area (Å²) in [6, 6.07) is 1.27. The number of ether oxygens (including phenoxy) is 3. The molecule has 0 amide bonds. The number of aromatic amines is 1. The molecule has 1 aliphatic rings. The van der Waals surface area contributed by atoms with Gasteiger partial charge in [-0.05, 0) is 6.92 Å². The zero-order valence-electron chi connectivity index (χ0n) is 10.5. The quantitative estimate of drug-likeness (QED) is 0.787. The van der Waals surface area contributed by atoms with Gasteiger partial charge < -0.3 is 14.2 Å². The van der Waals surface area contributed by atoms with Crippen LogP contribution in [0.5, 0.6) is 0 Å². The van der Waals surface area contributed by atoms with Gasteiger partial charge in [0.2, 0.25) is 0 Å². The Bertz CT molecular complexity index is 523. The molecule has 7 nitrogen and oxygen atoms in total. The van der Waals surface area contributed by atoms with Gasteiger partial charge >= 0.3 is 5.69 Å². The lowest BCUT2D eigenvalue weighted by Crippen LogP contribution is -2.39. The third-order valence-electron chi connectivity index (χ3n) is 3.09. The molecule has 1 aliphatic heterocycles. The predicted molar refractivity (Wildman–Crippen MR) is 62.5 cm³/mol. The van der Waals surface area contributed by atoms with Crippen LogP contribution in [0.3, 0.4) is 0 Å². The van der Waals surface area contributed by atoms with Crippen LogP contribution in [-0.2, 0) is 14.2 Å². The van der Waals surface area contributed by atoms with Crippen LogP contribution in [0, 0.1) is 0 Å². The Morgan fingerprint density at radius 2 is 1.94 bits per heavy atom. The minimum Gasteiger partial charge on any atom is -0.376 e. The molecule has 1 aromatic heterocycles. The highest BCUT2D eigenvalue weighted by molar-refractivity contribution is 4.93. The number of hydrogen-bond acceptors (Lipinski definition) is 5. The lowest BCUT2D eigenvalue weighted by molar-refractivity contribution is -0.0546. The molecule has 0 saturated carbocycles. The number of nitrogens with one attached hydrogen (secondary N) is 1. The Labute approximate surface area is 103 Å². The summed E-state index contributed by atoms with van der Waals surface area (Å²) in [7, 11) is 3.09. The molecule has 100 valence electrons. The second-order valence-electron chi connectivity index (χ2n) is 4.15. The van der Waals surface area contributed by atoms with E-state index in [1.807, 2.05) is 6.92 Å². The average molecular weight is 256 g/mol. The number of nitrogens with zero attached hydrogens (tertiary/aromatic N) is 1. The Balaban J connectivity index is 2.38. The highest BCUT2D eigenvalue weighted by atomic mass is 16.6. The van der Waals surface area contributed by atoms with Gasteiger partial charge in [-0.15, -0.1) is 0 Å². The molecular weight excluding hydrogens is 240 g/mol. The maximum atomic E-state index is 11.7. The Morgan fingerprint density at radius 3 is 2.50 bits per heavy atom. The zero-order valence-corrected chi connectivity index (χ0v) is 10.5. The molecule has 1 saturated heterocycles. The van der Waals surface area contributed by atoms with Crippen LogP contribution >= 0.6 is 0 Å². The van der Waals surface area contributed by atoms with Gasteiger partial charge in [0.1, 0.15) is 12.2 Å². The van der Waals surface area contributed by atoms with E-state index in [9.17, 15) is 9.59 Å². The molecule has 4 atom stereocenters. The number of rotatable bonds is 3. The van der Waals surface area contributed by atoms with Crippen LogP contribution in [0.1, 0.15) is 13.2 Å². The summed E-state index contributed by atoms with van der Waals surface area (Å²) >= 11 is 0. The van der Waals surface area contributed by atoms with Crippen molar-refractivity contribution in [1.29, 1.82) is 0 Å². The topological polar surface area (TPSA) is 82.6 Å². The van der Waals surface area contributed by atoms with Gasteiger partial charge in [-0.25, -0.2) is 4.79 Å². The van der Waals surface area contributed by atoms with Crippen LogP contribution in [0.25, 0.3) is 0 Å². The molecule has 2 heterocycles. The first-order valence-electron chi connectivity index (χ1n) is 5.61. The predicted octanol–water partition coefficient (Wildman–Crippen LogP) is -0.516. The first-order valence-corrected chi connectivity index (χ1v) is 5.61. The number of hydrogen-bond donors (Lipinski definition) is 1. The third kappa shape index (κ3) is 2.12. The fourth-order valence-electron chi connectivity index (χ4n) is 2.23. The van der Waals surface area contributed by atoms with E-state index in [0.717, 1.165) is 0 Å². The summed E-state index contributed by atoms with van der Waals surface area (Å²) < 4.78 is 17.6. The standard InChI is InChI=1S/C11H16N2O5/c1-6-8(16-2)9(17-3)10(18-6)13-5-4-7(14)12-11(13)15/h4-6,8-10H,1-3H3,(H,12,14,15)/t6-,8?,9?,10-/m1/s1. The van der Waals surface area contributed by atoms with Crippen LogP contribution in [0.15, 0.2) is 21.9 Å². The van der Waals surface area contributed by atoms with E-state index < -0.39 is 23.6 Å². The molecule has 1 N–H and O–H groups in total. The van der Waals surface area contributed by atoms with Crippen LogP contribution in [0.2, 0.25) is 0 Å². The van der Waals surface area contributed by atoms with E-state index in [4.69, 9.17) is 14.2 Å². The Morgan fingerprint density at radius 1 is 1.28 bits per heavy atom. The highest BCUT2D eigenvalue weighted by Crippen LogP contribution is 2.31. The Kier molecular flexibility index (Phi) is 3.65. The third-order valence-corrected chi connectivity index (χ3v) is 3.09. The van der Waals surface area contributed by atoms with Crippen molar-refractivity contribution < 1.29 is 14.2 Å². The van der Waals surface area contributed by atoms with Crippen LogP contribution < -0.4 is 11.2 Å². The molecule has 0 bridgehead atoms. The van der Waals surface area contributed by atoms with Crippen LogP contribution in [-0.4, -0.2) is 42.1 Å². The second-order valence-corrected chi connectivity index (χ2v) is 4.15. The van der Waals surface area contributed by atoms with E-state index in [0.29, 0.717) is 0 Å². The molecule has 18 heavy (non-hydrogen) atoms. The minimum atomic E-state index is -0.612. The van der Waals surface area contributed by atoms with E-state index in [-0.39, 0.29) is 12.2 Å². The molecule has 0 aromatic carbocycles. The number of H-pyrrole nitrogens is 1. The molecule has 0 spiro atoms. The smallest absolute Gasteiger partial charge is 0.330 e. The average Bonchev–Trinajstić information content (AvgIpc) is 2.65. The van der Waals surface area contributed by atoms with Gasteiger partial charge in [0, 0.05) is 26.5 Å². The van der Waals surface area contributed by atoms with Crippen molar-refractivity contribution in [3.8, 4) is 0 Å². The van der Waals surface area contributed by atoms with Gasteiger partial charge in [-0.3, -0.25) is 14.3 Å². The Hall–Kier alpha value is -1.44. The van der Waals surface area contributed by atoms with Gasteiger partial charge in [-0.2, -0.15) is 0 Å². The molecule has 1 fully saturated rings. The van der Waals surface area contributed by atoms with Crippen molar-refractivity contribution in [2.75, 3.05) is 14.2 Å². The van der Waals surface area contributed by atoms with Gasteiger partial charge in [0.25, 0.3) is 5.56 Å². The summed E-state index contributed by atoms with van der Waals surface area (Å²) in [6.07, 6.45) is -0.0988. The summed E-state index contributed by atoms with van der Waals surface area (Å²) in [4.78, 5) is 24.9. The summed E-state index contributed by atoms with van der Waals surface area (Å²) in [5, 5.41) is 0. The number of methoxy groups -OCH3 is 2. The molecular formula is C11H16N2O5. The van der Waals surface area contributed by atoms with Crippen LogP contribution in [0.4, 0.5) is 0 Å². The highest BCUT2D eigenvalue weighted by Gasteiger charge is 2.44. The summed E-state index contributed by atoms with van der Waals surface area (Å²) in [5.41, 5.74) is -0.974. The van der Waals surface area contributed by atoms with Crippen molar-refractivity contribution in [2.24, 2.45) is 0 Å². The second kappa shape index (κ2) is 5.05. The van der Waals surface area contributed by atoms with E-state index in [1.165, 1.54) is 23.9 Å². The van der Waals surface area contributed by atoms with Crippen molar-refractivity contribution >= 4 is 0 Å². The van der Waals surface area contributed by atoms with Gasteiger partial charge in [0.15, 0.2) is 6.23 Å². The fraction of sp³-hybridized carbons (Fsp3) is 0.636. The summed E-state index contributed by atoms with van der Waals surface area (Å²) in [5.74, 6) is 0. The number of aromatic nitrogens is 2. The lowest BCUT2D eigenvalue weighted by Gasteiger charge is -2.21. The minimum absolute atomic E-state index is 0.205. The summed E-state index contributed by atoms with van der Waals surface area (Å²) in [6.45, 7) is 1.84. The van der Waals surface area contributed by atoms with Gasteiger partial charge in [-0.1, -0.05) is 0 Å². The molecule has 0 radical (unpaired) electrons. The first kappa shape index (κ1) is 13.0. The fourth-order valence-corrected chi connectivity index (χ4v) is 2.23. The van der Waals surface area contributed by atoms with Crippen molar-refractivity contribution in [3.05, 3.63) is 33.1 Å². The molecule has 2 unspecified atom stereocenters. The van der Waals surface area contributed by atoms with Gasteiger partial charge in [0.05, 0.1) is 6.10 Å². The molecule has 1 aromatic rings. The monoisotopic (exact) mass is 256 g/mol. The molecule has 2 rings (SSSR count). The molecule has 7 heteroatoms. The van der Waals surface area contributed by atoms with Crippen molar-refractivity contribution in [2.45, 2.75) is 31.5 Å². The van der Waals surface area contributed by atoms with E-state index in [2.05, 4.69) is 4.98 Å². The largest absolute Gasteiger partial charge is 0.376 e. The van der Waals surface area contributed by atoms with Crippen molar-refractivity contribution in [3.63, 3.8) is 0 Å². The zero-order chi connectivity index (χ0) is 13.3. The van der Waals surface area contributed by atoms with E-state index in [1.54, 1.807) is 7.11 Å². The maximum Gasteiger partial charge on any atom is 0.330 e. The SMILES string of the molecule is COC1C(OC)[C@@H](C)O[C@H]1n1ccc(=O)[nH]c1=O. The van der Waals surface area contributed by atoms with Crippen molar-refractivity contribution in [1.82, 2.24) is 9.55 Å². The maximum absolute atomic E-state index is 11.7. The van der Waals surface area contributed by atoms with E-state index >= 15 is 0 Å². The normalized spacial score (nSPS) is 31.7. The first-order chi connectivity index (χ1) is 8.58.